The first-order valence-electron chi connectivity index (χ1n) is 9.95. The first-order chi connectivity index (χ1) is 14.1. The Balaban J connectivity index is 1.42. The number of carbonyl (C=O) groups excluding carboxylic acids is 1. The molecule has 0 unspecified atom stereocenters. The van der Waals surface area contributed by atoms with Gasteiger partial charge in [-0.25, -0.2) is 4.79 Å². The molecule has 0 bridgehead atoms. The van der Waals surface area contributed by atoms with Crippen molar-refractivity contribution in [2.75, 3.05) is 30.4 Å². The van der Waals surface area contributed by atoms with E-state index in [2.05, 4.69) is 32.7 Å². The molecule has 2 N–H and O–H groups in total. The predicted octanol–water partition coefficient (Wildman–Crippen LogP) is 4.34. The van der Waals surface area contributed by atoms with Crippen LogP contribution in [0.15, 0.2) is 54.6 Å². The summed E-state index contributed by atoms with van der Waals surface area (Å²) in [6.07, 6.45) is 1.80. The molecule has 1 aromatic heterocycles. The number of benzene rings is 2. The highest BCUT2D eigenvalue weighted by molar-refractivity contribution is 5.93. The molecular weight excluding hydrogens is 364 g/mol. The van der Waals surface area contributed by atoms with Crippen molar-refractivity contribution >= 4 is 28.3 Å². The minimum absolute atomic E-state index is 0.149. The molecule has 2 heterocycles. The number of piperidine rings is 1. The topological polar surface area (TPSA) is 66.5 Å². The molecule has 0 radical (unpaired) electrons. The summed E-state index contributed by atoms with van der Waals surface area (Å²) in [6, 6.07) is 17.7. The van der Waals surface area contributed by atoms with Crippen LogP contribution in [-0.2, 0) is 0 Å². The third-order valence-electron chi connectivity index (χ3n) is 5.32. The highest BCUT2D eigenvalue weighted by atomic mass is 16.5. The highest BCUT2D eigenvalue weighted by Gasteiger charge is 2.22. The van der Waals surface area contributed by atoms with Gasteiger partial charge in [-0.1, -0.05) is 18.2 Å². The first-order valence-corrected chi connectivity index (χ1v) is 9.95. The molecule has 150 valence electrons. The molecule has 2 aromatic carbocycles. The Morgan fingerprint density at radius 1 is 1.10 bits per heavy atom. The largest absolute Gasteiger partial charge is 0.497 e. The maximum absolute atomic E-state index is 12.3. The van der Waals surface area contributed by atoms with Crippen LogP contribution >= 0.6 is 0 Å². The minimum atomic E-state index is -0.149. The highest BCUT2D eigenvalue weighted by Crippen LogP contribution is 2.31. The van der Waals surface area contributed by atoms with Crippen molar-refractivity contribution < 1.29 is 9.53 Å². The van der Waals surface area contributed by atoms with Crippen LogP contribution in [0.1, 0.15) is 18.5 Å². The number of ether oxygens (including phenoxy) is 1. The van der Waals surface area contributed by atoms with Gasteiger partial charge in [0.25, 0.3) is 0 Å². The first kappa shape index (κ1) is 19.1. The zero-order chi connectivity index (χ0) is 20.2. The molecule has 1 fully saturated rings. The quantitative estimate of drug-likeness (QED) is 0.695. The zero-order valence-electron chi connectivity index (χ0n) is 16.8. The number of amides is 2. The number of nitrogens with one attached hydrogen (secondary N) is 2. The number of para-hydroxylation sites is 1. The van der Waals surface area contributed by atoms with E-state index in [0.29, 0.717) is 0 Å². The Kier molecular flexibility index (Phi) is 5.51. The van der Waals surface area contributed by atoms with Gasteiger partial charge < -0.3 is 20.3 Å². The molecule has 0 saturated carbocycles. The summed E-state index contributed by atoms with van der Waals surface area (Å²) in [5.41, 5.74) is 3.96. The van der Waals surface area contributed by atoms with Gasteiger partial charge in [0, 0.05) is 41.6 Å². The van der Waals surface area contributed by atoms with Gasteiger partial charge in [0.1, 0.15) is 5.75 Å². The number of anilines is 2. The van der Waals surface area contributed by atoms with Crippen molar-refractivity contribution in [2.45, 2.75) is 25.8 Å². The molecule has 4 rings (SSSR count). The van der Waals surface area contributed by atoms with E-state index in [0.717, 1.165) is 54.0 Å². The molecule has 6 nitrogen and oxygen atoms in total. The maximum Gasteiger partial charge on any atom is 0.319 e. The van der Waals surface area contributed by atoms with Crippen LogP contribution in [0, 0.1) is 6.92 Å². The van der Waals surface area contributed by atoms with Gasteiger partial charge in [0.15, 0.2) is 0 Å². The molecule has 1 aliphatic heterocycles. The number of rotatable bonds is 4. The van der Waals surface area contributed by atoms with Gasteiger partial charge in [-0.3, -0.25) is 4.98 Å². The summed E-state index contributed by atoms with van der Waals surface area (Å²) in [5, 5.41) is 7.09. The van der Waals surface area contributed by atoms with Crippen molar-refractivity contribution in [2.24, 2.45) is 0 Å². The van der Waals surface area contributed by atoms with E-state index in [1.54, 1.807) is 7.11 Å². The standard InChI is InChI=1S/C23H26N4O2/c1-16-14-22(20-15-19(29-2)8-9-21(20)24-16)27-12-10-18(11-13-27)26-23(28)25-17-6-4-3-5-7-17/h3-9,14-15,18H,10-13H2,1-2H3,(H2,25,26,28). The number of aryl methyl sites for hydroxylation is 1. The van der Waals surface area contributed by atoms with Crippen LogP contribution < -0.4 is 20.3 Å². The molecule has 0 atom stereocenters. The Hall–Kier alpha value is -3.28. The van der Waals surface area contributed by atoms with Crippen LogP contribution in [0.3, 0.4) is 0 Å². The Labute approximate surface area is 170 Å². The normalized spacial score (nSPS) is 14.6. The maximum atomic E-state index is 12.3. The lowest BCUT2D eigenvalue weighted by Crippen LogP contribution is -2.46. The number of urea groups is 1. The van der Waals surface area contributed by atoms with Gasteiger partial charge in [0.05, 0.1) is 12.6 Å². The lowest BCUT2D eigenvalue weighted by Gasteiger charge is -2.34. The number of aromatic nitrogens is 1. The molecule has 1 aliphatic rings. The van der Waals surface area contributed by atoms with E-state index in [1.165, 1.54) is 5.69 Å². The van der Waals surface area contributed by atoms with Crippen LogP contribution in [0.25, 0.3) is 10.9 Å². The van der Waals surface area contributed by atoms with E-state index in [1.807, 2.05) is 49.4 Å². The summed E-state index contributed by atoms with van der Waals surface area (Å²) < 4.78 is 5.40. The SMILES string of the molecule is COc1ccc2nc(C)cc(N3CCC(NC(=O)Nc4ccccc4)CC3)c2c1. The van der Waals surface area contributed by atoms with Gasteiger partial charge in [-0.05, 0) is 56.2 Å². The van der Waals surface area contributed by atoms with Crippen molar-refractivity contribution in [3.63, 3.8) is 0 Å². The monoisotopic (exact) mass is 390 g/mol. The Morgan fingerprint density at radius 3 is 2.59 bits per heavy atom. The second-order valence-electron chi connectivity index (χ2n) is 7.39. The number of methoxy groups -OCH3 is 1. The van der Waals surface area contributed by atoms with E-state index in [4.69, 9.17) is 4.74 Å². The lowest BCUT2D eigenvalue weighted by molar-refractivity contribution is 0.246. The number of fused-ring (bicyclic) bond motifs is 1. The average Bonchev–Trinajstić information content (AvgIpc) is 2.74. The van der Waals surface area contributed by atoms with Gasteiger partial charge in [0.2, 0.25) is 0 Å². The number of hydrogen-bond donors (Lipinski definition) is 2. The van der Waals surface area contributed by atoms with Crippen LogP contribution in [0.2, 0.25) is 0 Å². The average molecular weight is 390 g/mol. The fraction of sp³-hybridized carbons (Fsp3) is 0.304. The fourth-order valence-corrected chi connectivity index (χ4v) is 3.84. The third kappa shape index (κ3) is 4.42. The summed E-state index contributed by atoms with van der Waals surface area (Å²) in [5.74, 6) is 0.832. The molecule has 2 amide bonds. The van der Waals surface area contributed by atoms with Crippen molar-refractivity contribution in [1.82, 2.24) is 10.3 Å². The van der Waals surface area contributed by atoms with Crippen molar-refractivity contribution in [3.05, 3.63) is 60.3 Å². The van der Waals surface area contributed by atoms with Gasteiger partial charge in [-0.15, -0.1) is 0 Å². The number of hydrogen-bond acceptors (Lipinski definition) is 4. The Bertz CT molecular complexity index is 998. The molecule has 0 spiro atoms. The van der Waals surface area contributed by atoms with Gasteiger partial charge in [-0.2, -0.15) is 0 Å². The molecular formula is C23H26N4O2. The van der Waals surface area contributed by atoms with E-state index in [9.17, 15) is 4.79 Å². The second kappa shape index (κ2) is 8.39. The zero-order valence-corrected chi connectivity index (χ0v) is 16.8. The Morgan fingerprint density at radius 2 is 1.86 bits per heavy atom. The fourth-order valence-electron chi connectivity index (χ4n) is 3.84. The van der Waals surface area contributed by atoms with Crippen molar-refractivity contribution in [1.29, 1.82) is 0 Å². The second-order valence-corrected chi connectivity index (χ2v) is 7.39. The summed E-state index contributed by atoms with van der Waals surface area (Å²) in [6.45, 7) is 3.79. The third-order valence-corrected chi connectivity index (χ3v) is 5.32. The van der Waals surface area contributed by atoms with Crippen LogP contribution in [-0.4, -0.2) is 37.3 Å². The number of pyridine rings is 1. The molecule has 6 heteroatoms. The molecule has 1 saturated heterocycles. The summed E-state index contributed by atoms with van der Waals surface area (Å²) >= 11 is 0. The van der Waals surface area contributed by atoms with E-state index in [-0.39, 0.29) is 12.1 Å². The molecule has 0 aliphatic carbocycles. The van der Waals surface area contributed by atoms with E-state index >= 15 is 0 Å². The molecule has 29 heavy (non-hydrogen) atoms. The predicted molar refractivity (Wildman–Crippen MR) is 117 cm³/mol. The van der Waals surface area contributed by atoms with Gasteiger partial charge >= 0.3 is 6.03 Å². The number of nitrogens with zero attached hydrogens (tertiary/aromatic N) is 2. The van der Waals surface area contributed by atoms with E-state index < -0.39 is 0 Å². The smallest absolute Gasteiger partial charge is 0.319 e. The van der Waals surface area contributed by atoms with Crippen LogP contribution in [0.5, 0.6) is 5.75 Å². The molecule has 3 aromatic rings. The minimum Gasteiger partial charge on any atom is -0.497 e. The number of carbonyl (C=O) groups is 1. The van der Waals surface area contributed by atoms with Crippen LogP contribution in [0.4, 0.5) is 16.2 Å². The lowest BCUT2D eigenvalue weighted by atomic mass is 10.0. The summed E-state index contributed by atoms with van der Waals surface area (Å²) in [7, 11) is 1.68. The summed E-state index contributed by atoms with van der Waals surface area (Å²) in [4.78, 5) is 19.3. The van der Waals surface area contributed by atoms with Crippen molar-refractivity contribution in [3.8, 4) is 5.75 Å².